The molecule has 4 rings (SSSR count). The number of hydrogen-bond donors (Lipinski definition) is 0. The largest absolute Gasteiger partial charge is 0.334 e. The maximum absolute atomic E-state index is 13.3. The minimum Gasteiger partial charge on any atom is -0.334 e. The van der Waals surface area contributed by atoms with Crippen molar-refractivity contribution < 1.29 is 9.18 Å². The summed E-state index contributed by atoms with van der Waals surface area (Å²) >= 11 is 0. The van der Waals surface area contributed by atoms with Crippen molar-refractivity contribution in [3.05, 3.63) is 54.8 Å². The van der Waals surface area contributed by atoms with E-state index in [4.69, 9.17) is 0 Å². The fraction of sp³-hybridized carbons (Fsp3) is 0.222. The molecule has 0 atom stereocenters. The van der Waals surface area contributed by atoms with Crippen LogP contribution in [0.15, 0.2) is 54.8 Å². The predicted octanol–water partition coefficient (Wildman–Crippen LogP) is 2.58. The highest BCUT2D eigenvalue weighted by Crippen LogP contribution is 2.26. The highest BCUT2D eigenvalue weighted by molar-refractivity contribution is 5.95. The van der Waals surface area contributed by atoms with Gasteiger partial charge in [0, 0.05) is 29.9 Å². The second-order valence-electron chi connectivity index (χ2n) is 5.96. The van der Waals surface area contributed by atoms with Gasteiger partial charge in [0.2, 0.25) is 5.91 Å². The highest BCUT2D eigenvalue weighted by atomic mass is 19.1. The summed E-state index contributed by atoms with van der Waals surface area (Å²) in [6.07, 6.45) is 7.34. The van der Waals surface area contributed by atoms with Crippen molar-refractivity contribution in [3.8, 4) is 11.3 Å². The Hall–Kier alpha value is -3.09. The highest BCUT2D eigenvalue weighted by Gasteiger charge is 2.19. The number of benzene rings is 1. The molecule has 0 N–H and O–H groups in total. The summed E-state index contributed by atoms with van der Waals surface area (Å²) in [5, 5.41) is 10.3. The summed E-state index contributed by atoms with van der Waals surface area (Å²) in [4.78, 5) is 17.9. The van der Waals surface area contributed by atoms with Gasteiger partial charge in [0.25, 0.3) is 0 Å². The quantitative estimate of drug-likeness (QED) is 0.737. The van der Waals surface area contributed by atoms with Gasteiger partial charge < -0.3 is 4.90 Å². The van der Waals surface area contributed by atoms with Gasteiger partial charge in [0.1, 0.15) is 18.1 Å². The average molecular weight is 337 g/mol. The van der Waals surface area contributed by atoms with Crippen LogP contribution in [0.5, 0.6) is 0 Å². The Morgan fingerprint density at radius 2 is 2.20 bits per heavy atom. The molecule has 0 radical (unpaired) electrons. The van der Waals surface area contributed by atoms with Crippen molar-refractivity contribution in [2.24, 2.45) is 0 Å². The van der Waals surface area contributed by atoms with Gasteiger partial charge in [-0.25, -0.2) is 9.07 Å². The summed E-state index contributed by atoms with van der Waals surface area (Å²) in [5.74, 6) is -0.426. The van der Waals surface area contributed by atoms with E-state index in [1.807, 2.05) is 24.3 Å². The lowest BCUT2D eigenvalue weighted by Crippen LogP contribution is -2.37. The van der Waals surface area contributed by atoms with Crippen molar-refractivity contribution in [2.75, 3.05) is 13.1 Å². The third-order valence-corrected chi connectivity index (χ3v) is 4.25. The van der Waals surface area contributed by atoms with Gasteiger partial charge >= 0.3 is 0 Å². The van der Waals surface area contributed by atoms with E-state index in [1.54, 1.807) is 18.6 Å². The molecule has 1 amide bonds. The van der Waals surface area contributed by atoms with Crippen LogP contribution in [0.2, 0.25) is 0 Å². The van der Waals surface area contributed by atoms with Gasteiger partial charge in [-0.1, -0.05) is 23.4 Å². The van der Waals surface area contributed by atoms with Crippen LogP contribution in [0.4, 0.5) is 4.39 Å². The predicted molar refractivity (Wildman–Crippen MR) is 91.1 cm³/mol. The summed E-state index contributed by atoms with van der Waals surface area (Å²) in [6.45, 7) is 0.618. The van der Waals surface area contributed by atoms with E-state index < -0.39 is 0 Å². The first-order valence-electron chi connectivity index (χ1n) is 8.06. The molecule has 1 aliphatic heterocycles. The minimum absolute atomic E-state index is 0.0384. The Labute approximate surface area is 143 Å². The number of aromatic nitrogens is 4. The Balaban J connectivity index is 1.56. The molecule has 0 saturated carbocycles. The number of hydrogen-bond acceptors (Lipinski definition) is 4. The number of carbonyl (C=O) groups excluding carboxylic acids is 1. The fourth-order valence-electron chi connectivity index (χ4n) is 3.00. The molecule has 1 aromatic carbocycles. The normalized spacial score (nSPS) is 14.6. The van der Waals surface area contributed by atoms with Gasteiger partial charge in [-0.3, -0.25) is 9.78 Å². The van der Waals surface area contributed by atoms with Gasteiger partial charge in [-0.05, 0) is 23.9 Å². The van der Waals surface area contributed by atoms with E-state index in [2.05, 4.69) is 15.3 Å². The van der Waals surface area contributed by atoms with Crippen molar-refractivity contribution >= 4 is 16.7 Å². The van der Waals surface area contributed by atoms with Gasteiger partial charge in [0.05, 0.1) is 12.7 Å². The van der Waals surface area contributed by atoms with Crippen molar-refractivity contribution in [1.82, 2.24) is 24.9 Å². The first kappa shape index (κ1) is 15.4. The van der Waals surface area contributed by atoms with Crippen LogP contribution in [0, 0.1) is 0 Å². The molecule has 0 saturated heterocycles. The van der Waals surface area contributed by atoms with Crippen molar-refractivity contribution in [3.63, 3.8) is 0 Å². The van der Waals surface area contributed by atoms with Gasteiger partial charge in [0.15, 0.2) is 0 Å². The monoisotopic (exact) mass is 337 g/mol. The second-order valence-corrected chi connectivity index (χ2v) is 5.96. The molecule has 0 fully saturated rings. The van der Waals surface area contributed by atoms with E-state index in [-0.39, 0.29) is 24.8 Å². The zero-order valence-corrected chi connectivity index (χ0v) is 13.5. The number of amides is 1. The molecule has 3 heterocycles. The molecule has 0 aliphatic carbocycles. The first-order chi connectivity index (χ1) is 12.2. The lowest BCUT2D eigenvalue weighted by atomic mass is 10.0. The van der Waals surface area contributed by atoms with Crippen molar-refractivity contribution in [1.29, 1.82) is 0 Å². The zero-order valence-electron chi connectivity index (χ0n) is 13.5. The number of carbonyl (C=O) groups is 1. The fourth-order valence-corrected chi connectivity index (χ4v) is 3.00. The van der Waals surface area contributed by atoms with E-state index >= 15 is 0 Å². The molecule has 3 aromatic rings. The standard InChI is InChI=1S/C18H16FN5O/c19-14-4-2-8-23(10-14)18(25)12-24-11-17(21-22-24)16-5-1-3-13-9-20-7-6-15(13)16/h1,3-7,9,11H,2,8,10,12H2. The van der Waals surface area contributed by atoms with E-state index in [0.29, 0.717) is 18.7 Å². The van der Waals surface area contributed by atoms with E-state index in [0.717, 1.165) is 16.3 Å². The first-order valence-corrected chi connectivity index (χ1v) is 8.06. The number of halogens is 1. The SMILES string of the molecule is O=C(Cn1cc(-c2cccc3cnccc23)nn1)N1CCC=C(F)C1. The molecule has 0 spiro atoms. The van der Waals surface area contributed by atoms with E-state index in [9.17, 15) is 9.18 Å². The van der Waals surface area contributed by atoms with Crippen molar-refractivity contribution in [2.45, 2.75) is 13.0 Å². The zero-order chi connectivity index (χ0) is 17.2. The molecular weight excluding hydrogens is 321 g/mol. The molecule has 0 bridgehead atoms. The Bertz CT molecular complexity index is 960. The molecule has 7 heteroatoms. The van der Waals surface area contributed by atoms with Crippen LogP contribution < -0.4 is 0 Å². The summed E-state index contributed by atoms with van der Waals surface area (Å²) in [5.41, 5.74) is 1.62. The van der Waals surface area contributed by atoms with Crippen LogP contribution in [-0.4, -0.2) is 43.9 Å². The lowest BCUT2D eigenvalue weighted by Gasteiger charge is -2.24. The molecule has 2 aromatic heterocycles. The van der Waals surface area contributed by atoms with Gasteiger partial charge in [-0.2, -0.15) is 0 Å². The summed E-state index contributed by atoms with van der Waals surface area (Å²) in [7, 11) is 0. The minimum atomic E-state index is -0.261. The molecule has 6 nitrogen and oxygen atoms in total. The number of pyridine rings is 1. The lowest BCUT2D eigenvalue weighted by molar-refractivity contribution is -0.132. The van der Waals surface area contributed by atoms with Crippen LogP contribution >= 0.6 is 0 Å². The Kier molecular flexibility index (Phi) is 3.97. The summed E-state index contributed by atoms with van der Waals surface area (Å²) in [6, 6.07) is 7.81. The average Bonchev–Trinajstić information content (AvgIpc) is 3.09. The smallest absolute Gasteiger partial charge is 0.244 e. The Morgan fingerprint density at radius 1 is 1.28 bits per heavy atom. The molecular formula is C18H16FN5O. The van der Waals surface area contributed by atoms with Gasteiger partial charge in [-0.15, -0.1) is 5.10 Å². The van der Waals surface area contributed by atoms with Crippen LogP contribution in [0.25, 0.3) is 22.0 Å². The summed E-state index contributed by atoms with van der Waals surface area (Å²) < 4.78 is 14.8. The number of nitrogens with zero attached hydrogens (tertiary/aromatic N) is 5. The maximum atomic E-state index is 13.3. The molecule has 126 valence electrons. The third kappa shape index (κ3) is 3.13. The molecule has 25 heavy (non-hydrogen) atoms. The third-order valence-electron chi connectivity index (χ3n) is 4.25. The van der Waals surface area contributed by atoms with Crippen LogP contribution in [0.1, 0.15) is 6.42 Å². The number of fused-ring (bicyclic) bond motifs is 1. The molecule has 1 aliphatic rings. The van der Waals surface area contributed by atoms with Crippen LogP contribution in [-0.2, 0) is 11.3 Å². The number of rotatable bonds is 3. The maximum Gasteiger partial charge on any atom is 0.244 e. The van der Waals surface area contributed by atoms with Crippen LogP contribution in [0.3, 0.4) is 0 Å². The topological polar surface area (TPSA) is 63.9 Å². The Morgan fingerprint density at radius 3 is 3.08 bits per heavy atom. The van der Waals surface area contributed by atoms with E-state index in [1.165, 1.54) is 15.7 Å². The second kappa shape index (κ2) is 6.43. The molecule has 0 unspecified atom stereocenters.